The van der Waals surface area contributed by atoms with E-state index in [9.17, 15) is 8.78 Å². The number of hydrogen-bond donors (Lipinski definition) is 0. The minimum atomic E-state index is -0.772. The monoisotopic (exact) mass is 269 g/mol. The number of hydrogen-bond acceptors (Lipinski definition) is 2. The summed E-state index contributed by atoms with van der Waals surface area (Å²) < 4.78 is 31.5. The molecule has 0 radical (unpaired) electrons. The third-order valence-electron chi connectivity index (χ3n) is 4.02. The predicted octanol–water partition coefficient (Wildman–Crippen LogP) is 3.04. The Kier molecular flexibility index (Phi) is 4.88. The van der Waals surface area contributed by atoms with Gasteiger partial charge in [-0.1, -0.05) is 19.4 Å². The fourth-order valence-corrected chi connectivity index (χ4v) is 2.90. The minimum Gasteiger partial charge on any atom is -0.383 e. The molecule has 1 aliphatic heterocycles. The fraction of sp³-hybridized carbons (Fsp3) is 0.600. The van der Waals surface area contributed by atoms with E-state index in [0.29, 0.717) is 12.5 Å². The fourth-order valence-electron chi connectivity index (χ4n) is 2.90. The lowest BCUT2D eigenvalue weighted by Gasteiger charge is -2.17. The number of nitrogens with zero attached hydrogens (tertiary/aromatic N) is 1. The lowest BCUT2D eigenvalue weighted by molar-refractivity contribution is 0.158. The third-order valence-corrected chi connectivity index (χ3v) is 4.02. The molecule has 1 heterocycles. The van der Waals surface area contributed by atoms with Crippen molar-refractivity contribution in [1.82, 2.24) is 4.90 Å². The molecule has 2 atom stereocenters. The van der Waals surface area contributed by atoms with E-state index in [1.165, 1.54) is 12.1 Å². The Morgan fingerprint density at radius 2 is 2.05 bits per heavy atom. The summed E-state index contributed by atoms with van der Waals surface area (Å²) in [5, 5.41) is 0. The van der Waals surface area contributed by atoms with Crippen molar-refractivity contribution in [1.29, 1.82) is 0 Å². The average molecular weight is 269 g/mol. The lowest BCUT2D eigenvalue weighted by Crippen LogP contribution is -2.25. The van der Waals surface area contributed by atoms with Crippen LogP contribution in [0.1, 0.15) is 24.8 Å². The van der Waals surface area contributed by atoms with Gasteiger partial charge in [-0.3, -0.25) is 0 Å². The summed E-state index contributed by atoms with van der Waals surface area (Å²) in [4.78, 5) is 2.34. The van der Waals surface area contributed by atoms with Gasteiger partial charge in [-0.05, 0) is 23.6 Å². The van der Waals surface area contributed by atoms with Crippen LogP contribution in [0.4, 0.5) is 8.78 Å². The van der Waals surface area contributed by atoms with Gasteiger partial charge in [0.25, 0.3) is 0 Å². The summed E-state index contributed by atoms with van der Waals surface area (Å²) in [5.41, 5.74) is 0.908. The lowest BCUT2D eigenvalue weighted by atomic mass is 9.87. The second-order valence-electron chi connectivity index (χ2n) is 5.20. The molecule has 1 fully saturated rings. The minimum absolute atomic E-state index is 0.289. The van der Waals surface area contributed by atoms with Gasteiger partial charge >= 0.3 is 0 Å². The molecule has 0 spiro atoms. The zero-order chi connectivity index (χ0) is 13.8. The number of likely N-dealkylation sites (tertiary alicyclic amines) is 1. The molecule has 0 saturated carbocycles. The first kappa shape index (κ1) is 14.4. The van der Waals surface area contributed by atoms with Crippen LogP contribution in [0, 0.1) is 17.6 Å². The summed E-state index contributed by atoms with van der Waals surface area (Å²) in [7, 11) is 1.69. The highest BCUT2D eigenvalue weighted by Crippen LogP contribution is 2.34. The third kappa shape index (κ3) is 3.31. The van der Waals surface area contributed by atoms with Crippen LogP contribution in [-0.2, 0) is 4.74 Å². The van der Waals surface area contributed by atoms with Crippen molar-refractivity contribution in [2.24, 2.45) is 5.92 Å². The Morgan fingerprint density at radius 3 is 2.68 bits per heavy atom. The second kappa shape index (κ2) is 6.44. The first-order valence-corrected chi connectivity index (χ1v) is 6.82. The topological polar surface area (TPSA) is 12.5 Å². The Balaban J connectivity index is 2.11. The van der Waals surface area contributed by atoms with Gasteiger partial charge in [0.05, 0.1) is 6.61 Å². The smallest absolute Gasteiger partial charge is 0.159 e. The molecular weight excluding hydrogens is 248 g/mol. The Hall–Kier alpha value is -1.00. The van der Waals surface area contributed by atoms with Crippen LogP contribution in [0.5, 0.6) is 0 Å². The molecular formula is C15H21F2NO. The molecule has 106 valence electrons. The molecule has 0 aliphatic carbocycles. The molecule has 4 heteroatoms. The molecule has 0 unspecified atom stereocenters. The van der Waals surface area contributed by atoms with Crippen LogP contribution in [-0.4, -0.2) is 38.3 Å². The number of methoxy groups -OCH3 is 1. The molecule has 0 bridgehead atoms. The molecule has 2 rings (SSSR count). The van der Waals surface area contributed by atoms with Crippen LogP contribution in [0.2, 0.25) is 0 Å². The number of ether oxygens (including phenoxy) is 1. The summed E-state index contributed by atoms with van der Waals surface area (Å²) >= 11 is 0. The normalized spacial score (nSPS) is 24.0. The quantitative estimate of drug-likeness (QED) is 0.814. The van der Waals surface area contributed by atoms with E-state index in [4.69, 9.17) is 4.74 Å². The van der Waals surface area contributed by atoms with E-state index in [1.807, 2.05) is 0 Å². The van der Waals surface area contributed by atoms with E-state index in [0.717, 1.165) is 31.6 Å². The molecule has 0 amide bonds. The van der Waals surface area contributed by atoms with Crippen molar-refractivity contribution in [2.45, 2.75) is 19.3 Å². The molecule has 0 N–H and O–H groups in total. The van der Waals surface area contributed by atoms with Gasteiger partial charge in [-0.2, -0.15) is 0 Å². The maximum absolute atomic E-state index is 13.4. The highest BCUT2D eigenvalue weighted by Gasteiger charge is 2.32. The molecule has 1 saturated heterocycles. The predicted molar refractivity (Wildman–Crippen MR) is 71.2 cm³/mol. The highest BCUT2D eigenvalue weighted by atomic mass is 19.2. The van der Waals surface area contributed by atoms with E-state index in [-0.39, 0.29) is 5.92 Å². The molecule has 1 aromatic rings. The Labute approximate surface area is 113 Å². The van der Waals surface area contributed by atoms with Gasteiger partial charge in [-0.25, -0.2) is 8.78 Å². The number of rotatable bonds is 5. The van der Waals surface area contributed by atoms with Crippen LogP contribution in [0.3, 0.4) is 0 Å². The molecule has 0 aromatic heterocycles. The number of benzene rings is 1. The van der Waals surface area contributed by atoms with Gasteiger partial charge in [0.15, 0.2) is 11.6 Å². The highest BCUT2D eigenvalue weighted by molar-refractivity contribution is 5.24. The SMILES string of the molecule is CC[C@@H]1CN(CCOC)C[C@H]1c1ccc(F)c(F)c1. The van der Waals surface area contributed by atoms with E-state index in [1.54, 1.807) is 13.2 Å². The van der Waals surface area contributed by atoms with Gasteiger partial charge < -0.3 is 9.64 Å². The van der Waals surface area contributed by atoms with Gasteiger partial charge in [0.1, 0.15) is 0 Å². The van der Waals surface area contributed by atoms with Crippen molar-refractivity contribution in [3.8, 4) is 0 Å². The molecule has 1 aromatic carbocycles. The van der Waals surface area contributed by atoms with E-state index in [2.05, 4.69) is 11.8 Å². The maximum Gasteiger partial charge on any atom is 0.159 e. The van der Waals surface area contributed by atoms with E-state index >= 15 is 0 Å². The van der Waals surface area contributed by atoms with Crippen molar-refractivity contribution >= 4 is 0 Å². The summed E-state index contributed by atoms with van der Waals surface area (Å²) in [6, 6.07) is 4.29. The van der Waals surface area contributed by atoms with Gasteiger partial charge in [-0.15, -0.1) is 0 Å². The Morgan fingerprint density at radius 1 is 1.26 bits per heavy atom. The Bertz CT molecular complexity index is 425. The van der Waals surface area contributed by atoms with Crippen LogP contribution in [0.25, 0.3) is 0 Å². The zero-order valence-electron chi connectivity index (χ0n) is 11.5. The van der Waals surface area contributed by atoms with Crippen molar-refractivity contribution < 1.29 is 13.5 Å². The first-order valence-electron chi connectivity index (χ1n) is 6.82. The van der Waals surface area contributed by atoms with Crippen LogP contribution in [0.15, 0.2) is 18.2 Å². The molecule has 19 heavy (non-hydrogen) atoms. The summed E-state index contributed by atoms with van der Waals surface area (Å²) in [5.74, 6) is -0.729. The largest absolute Gasteiger partial charge is 0.383 e. The molecule has 2 nitrogen and oxygen atoms in total. The van der Waals surface area contributed by atoms with Crippen LogP contribution < -0.4 is 0 Å². The van der Waals surface area contributed by atoms with Crippen molar-refractivity contribution in [3.63, 3.8) is 0 Å². The molecule has 1 aliphatic rings. The van der Waals surface area contributed by atoms with Crippen molar-refractivity contribution in [3.05, 3.63) is 35.4 Å². The van der Waals surface area contributed by atoms with Crippen molar-refractivity contribution in [2.75, 3.05) is 33.4 Å². The second-order valence-corrected chi connectivity index (χ2v) is 5.20. The summed E-state index contributed by atoms with van der Waals surface area (Å²) in [6.45, 7) is 5.65. The van der Waals surface area contributed by atoms with Gasteiger partial charge in [0.2, 0.25) is 0 Å². The van der Waals surface area contributed by atoms with Crippen LogP contribution >= 0.6 is 0 Å². The summed E-state index contributed by atoms with van der Waals surface area (Å²) in [6.07, 6.45) is 1.05. The van der Waals surface area contributed by atoms with Gasteiger partial charge in [0, 0.05) is 32.7 Å². The average Bonchev–Trinajstić information content (AvgIpc) is 2.83. The standard InChI is InChI=1S/C15H21F2NO/c1-3-11-9-18(6-7-19-2)10-13(11)12-4-5-14(16)15(17)8-12/h4-5,8,11,13H,3,6-7,9-10H2,1-2H3/t11-,13-/m1/s1. The van der Waals surface area contributed by atoms with E-state index < -0.39 is 11.6 Å². The zero-order valence-corrected chi connectivity index (χ0v) is 11.5. The number of halogens is 2. The first-order chi connectivity index (χ1) is 9.15. The maximum atomic E-state index is 13.4.